The first kappa shape index (κ1) is 21.7. The van der Waals surface area contributed by atoms with Crippen molar-refractivity contribution in [3.8, 4) is 6.07 Å². The highest BCUT2D eigenvalue weighted by Crippen LogP contribution is 2.34. The molecule has 140 valence electrons. The number of nitrogens with two attached hydrogens (primary N) is 1. The van der Waals surface area contributed by atoms with E-state index in [1.54, 1.807) is 6.92 Å². The predicted molar refractivity (Wildman–Crippen MR) is 88.5 cm³/mol. The summed E-state index contributed by atoms with van der Waals surface area (Å²) in [4.78, 5) is -0.308. The molecule has 1 aliphatic rings. The van der Waals surface area contributed by atoms with Gasteiger partial charge in [-0.3, -0.25) is 0 Å². The molecule has 2 unspecified atom stereocenters. The van der Waals surface area contributed by atoms with E-state index in [9.17, 15) is 21.6 Å². The first-order valence-corrected chi connectivity index (χ1v) is 8.88. The van der Waals surface area contributed by atoms with Crippen LogP contribution in [-0.4, -0.2) is 31.9 Å². The van der Waals surface area contributed by atoms with Gasteiger partial charge in [-0.25, -0.2) is 8.42 Å². The van der Waals surface area contributed by atoms with E-state index in [1.807, 2.05) is 0 Å². The Kier molecular flexibility index (Phi) is 6.87. The Morgan fingerprint density at radius 2 is 2.04 bits per heavy atom. The largest absolute Gasteiger partial charge is 0.417 e. The van der Waals surface area contributed by atoms with Gasteiger partial charge in [0.05, 0.1) is 22.1 Å². The number of hydrogen-bond donors (Lipinski definition) is 1. The molecule has 0 aromatic heterocycles. The van der Waals surface area contributed by atoms with Gasteiger partial charge in [0.25, 0.3) is 0 Å². The molecule has 1 aromatic rings. The van der Waals surface area contributed by atoms with Gasteiger partial charge in [0.15, 0.2) is 0 Å². The second-order valence-electron chi connectivity index (χ2n) is 5.94. The van der Waals surface area contributed by atoms with E-state index in [-0.39, 0.29) is 42.4 Å². The summed E-state index contributed by atoms with van der Waals surface area (Å²) in [7, 11) is -3.96. The Labute approximate surface area is 151 Å². The molecule has 1 fully saturated rings. The van der Waals surface area contributed by atoms with Crippen molar-refractivity contribution < 1.29 is 21.6 Å². The van der Waals surface area contributed by atoms with Gasteiger partial charge in [0.2, 0.25) is 10.0 Å². The third-order valence-corrected chi connectivity index (χ3v) is 6.08. The van der Waals surface area contributed by atoms with Gasteiger partial charge < -0.3 is 5.73 Å². The highest BCUT2D eigenvalue weighted by molar-refractivity contribution is 7.89. The summed E-state index contributed by atoms with van der Waals surface area (Å²) in [6.45, 7) is 2.31. The molecular formula is C15H19ClF3N3O2S. The lowest BCUT2D eigenvalue weighted by Gasteiger charge is -2.33. The first-order chi connectivity index (χ1) is 11.1. The maximum absolute atomic E-state index is 12.8. The monoisotopic (exact) mass is 397 g/mol. The van der Waals surface area contributed by atoms with E-state index < -0.39 is 27.3 Å². The van der Waals surface area contributed by atoms with Gasteiger partial charge in [0, 0.05) is 19.1 Å². The van der Waals surface area contributed by atoms with Gasteiger partial charge in [0.1, 0.15) is 0 Å². The molecule has 2 atom stereocenters. The molecule has 5 nitrogen and oxygen atoms in total. The molecule has 0 radical (unpaired) electrons. The van der Waals surface area contributed by atoms with Crippen LogP contribution in [0.4, 0.5) is 13.2 Å². The molecule has 0 bridgehead atoms. The van der Waals surface area contributed by atoms with Crippen LogP contribution in [0.25, 0.3) is 0 Å². The van der Waals surface area contributed by atoms with Crippen molar-refractivity contribution in [3.63, 3.8) is 0 Å². The number of nitriles is 1. The summed E-state index contributed by atoms with van der Waals surface area (Å²) in [6, 6.07) is 3.57. The number of alkyl halides is 3. The third kappa shape index (κ3) is 4.64. The lowest BCUT2D eigenvalue weighted by molar-refractivity contribution is -0.137. The normalized spacial score (nSPS) is 20.4. The zero-order chi connectivity index (χ0) is 18.1. The molecule has 25 heavy (non-hydrogen) atoms. The molecular weight excluding hydrogens is 379 g/mol. The van der Waals surface area contributed by atoms with Crippen LogP contribution in [0.2, 0.25) is 0 Å². The predicted octanol–water partition coefficient (Wildman–Crippen LogP) is 2.75. The lowest BCUT2D eigenvalue weighted by Crippen LogP contribution is -2.44. The van der Waals surface area contributed by atoms with E-state index in [2.05, 4.69) is 0 Å². The lowest BCUT2D eigenvalue weighted by atomic mass is 9.93. The number of hydrogen-bond acceptors (Lipinski definition) is 4. The third-order valence-electron chi connectivity index (χ3n) is 4.22. The molecule has 0 spiro atoms. The van der Waals surface area contributed by atoms with Crippen molar-refractivity contribution in [2.24, 2.45) is 11.7 Å². The van der Waals surface area contributed by atoms with Crippen molar-refractivity contribution in [3.05, 3.63) is 29.3 Å². The fraction of sp³-hybridized carbons (Fsp3) is 0.533. The second-order valence-corrected chi connectivity index (χ2v) is 7.88. The Morgan fingerprint density at radius 3 is 2.56 bits per heavy atom. The molecule has 1 aliphatic heterocycles. The van der Waals surface area contributed by atoms with Crippen LogP contribution < -0.4 is 5.73 Å². The summed E-state index contributed by atoms with van der Waals surface area (Å²) in [6.07, 6.45) is -3.27. The molecule has 10 heteroatoms. The summed E-state index contributed by atoms with van der Waals surface area (Å²) in [5.74, 6) is -0.00147. The Morgan fingerprint density at radius 1 is 1.40 bits per heavy atom. The molecule has 1 saturated heterocycles. The van der Waals surface area contributed by atoms with Crippen LogP contribution in [0.3, 0.4) is 0 Å². The molecule has 1 aromatic carbocycles. The van der Waals surface area contributed by atoms with Crippen LogP contribution in [0.15, 0.2) is 23.1 Å². The SMILES string of the molecule is CC(N)C1CCCN(S(=O)(=O)c2ccc(C(F)(F)F)c(C#N)c2)C1.Cl. The molecule has 2 N–H and O–H groups in total. The van der Waals surface area contributed by atoms with Gasteiger partial charge in [-0.15, -0.1) is 12.4 Å². The average molecular weight is 398 g/mol. The first-order valence-electron chi connectivity index (χ1n) is 7.44. The van der Waals surface area contributed by atoms with E-state index in [0.717, 1.165) is 18.6 Å². The van der Waals surface area contributed by atoms with E-state index >= 15 is 0 Å². The molecule has 0 aliphatic carbocycles. The van der Waals surface area contributed by atoms with Crippen LogP contribution in [0.5, 0.6) is 0 Å². The van der Waals surface area contributed by atoms with E-state index in [1.165, 1.54) is 10.4 Å². The molecule has 0 amide bonds. The summed E-state index contributed by atoms with van der Waals surface area (Å²) in [5.41, 5.74) is 3.99. The van der Waals surface area contributed by atoms with Crippen molar-refractivity contribution in [1.29, 1.82) is 5.26 Å². The van der Waals surface area contributed by atoms with E-state index in [4.69, 9.17) is 11.0 Å². The van der Waals surface area contributed by atoms with Crippen molar-refractivity contribution in [2.45, 2.75) is 36.9 Å². The number of halogens is 4. The van der Waals surface area contributed by atoms with Crippen LogP contribution in [0, 0.1) is 17.2 Å². The molecule has 1 heterocycles. The minimum atomic E-state index is -4.71. The van der Waals surface area contributed by atoms with Gasteiger partial charge in [-0.2, -0.15) is 22.7 Å². The van der Waals surface area contributed by atoms with Crippen LogP contribution in [0.1, 0.15) is 30.9 Å². The number of piperidine rings is 1. The number of sulfonamides is 1. The second kappa shape index (κ2) is 7.91. The van der Waals surface area contributed by atoms with E-state index in [0.29, 0.717) is 12.5 Å². The Bertz CT molecular complexity index is 760. The number of benzene rings is 1. The topological polar surface area (TPSA) is 87.2 Å². The number of rotatable bonds is 3. The van der Waals surface area contributed by atoms with Crippen LogP contribution >= 0.6 is 12.4 Å². The maximum Gasteiger partial charge on any atom is 0.417 e. The van der Waals surface area contributed by atoms with Crippen LogP contribution in [-0.2, 0) is 16.2 Å². The highest BCUT2D eigenvalue weighted by Gasteiger charge is 2.36. The van der Waals surface area contributed by atoms with Crippen molar-refractivity contribution >= 4 is 22.4 Å². The quantitative estimate of drug-likeness (QED) is 0.849. The number of nitrogens with zero attached hydrogens (tertiary/aromatic N) is 2. The standard InChI is InChI=1S/C15H18F3N3O2S.ClH/c1-10(20)11-3-2-6-21(9-11)24(22,23)13-4-5-14(15(16,17)18)12(7-13)8-19;/h4-5,7,10-11H,2-3,6,9,20H2,1H3;1H. The summed E-state index contributed by atoms with van der Waals surface area (Å²) in [5, 5.41) is 8.92. The van der Waals surface area contributed by atoms with Crippen molar-refractivity contribution in [1.82, 2.24) is 4.31 Å². The van der Waals surface area contributed by atoms with Crippen molar-refractivity contribution in [2.75, 3.05) is 13.1 Å². The Hall–Kier alpha value is -1.34. The maximum atomic E-state index is 12.8. The Balaban J connectivity index is 0.00000312. The summed E-state index contributed by atoms with van der Waals surface area (Å²) < 4.78 is 65.1. The van der Waals surface area contributed by atoms with Gasteiger partial charge in [-0.05, 0) is 43.9 Å². The minimum Gasteiger partial charge on any atom is -0.328 e. The fourth-order valence-corrected chi connectivity index (χ4v) is 4.36. The highest BCUT2D eigenvalue weighted by atomic mass is 35.5. The minimum absolute atomic E-state index is 0. The summed E-state index contributed by atoms with van der Waals surface area (Å²) >= 11 is 0. The average Bonchev–Trinajstić information content (AvgIpc) is 2.53. The molecule has 0 saturated carbocycles. The molecule has 2 rings (SSSR count). The smallest absolute Gasteiger partial charge is 0.328 e. The van der Waals surface area contributed by atoms with Gasteiger partial charge >= 0.3 is 6.18 Å². The van der Waals surface area contributed by atoms with Gasteiger partial charge in [-0.1, -0.05) is 0 Å². The zero-order valence-corrected chi connectivity index (χ0v) is 15.1. The zero-order valence-electron chi connectivity index (χ0n) is 13.5. The fourth-order valence-electron chi connectivity index (χ4n) is 2.79.